The lowest BCUT2D eigenvalue weighted by Crippen LogP contribution is -2.34. The summed E-state index contributed by atoms with van der Waals surface area (Å²) in [6.07, 6.45) is 4.08. The van der Waals surface area contributed by atoms with Crippen molar-refractivity contribution in [3.63, 3.8) is 0 Å². The topological polar surface area (TPSA) is 80.5 Å². The smallest absolute Gasteiger partial charge is 0.255 e. The van der Waals surface area contributed by atoms with Crippen LogP contribution in [-0.2, 0) is 10.0 Å². The normalized spacial score (nSPS) is 15.3. The van der Waals surface area contributed by atoms with Crippen molar-refractivity contribution in [2.75, 3.05) is 6.54 Å². The summed E-state index contributed by atoms with van der Waals surface area (Å²) in [6, 6.07) is 0.325. The molecule has 112 valence electrons. The lowest BCUT2D eigenvalue weighted by atomic mass is 10.2. The zero-order valence-electron chi connectivity index (χ0n) is 11.8. The van der Waals surface area contributed by atoms with Gasteiger partial charge < -0.3 is 4.90 Å². The van der Waals surface area contributed by atoms with Gasteiger partial charge in [-0.05, 0) is 31.7 Å². The quantitative estimate of drug-likeness (QED) is 0.872. The van der Waals surface area contributed by atoms with Crippen molar-refractivity contribution >= 4 is 27.3 Å². The molecule has 0 aliphatic heterocycles. The highest BCUT2D eigenvalue weighted by Gasteiger charge is 2.34. The highest BCUT2D eigenvalue weighted by Crippen LogP contribution is 2.32. The Bertz CT molecular complexity index is 603. The number of carbonyl (C=O) groups excluding carboxylic acids is 1. The molecule has 7 heteroatoms. The molecule has 1 heterocycles. The molecule has 1 amide bonds. The number of primary sulfonamides is 1. The molecule has 1 aromatic rings. The van der Waals surface area contributed by atoms with Crippen LogP contribution in [0.2, 0.25) is 0 Å². The Morgan fingerprint density at radius 1 is 1.50 bits per heavy atom. The van der Waals surface area contributed by atoms with Gasteiger partial charge in [0.05, 0.1) is 5.56 Å². The Kier molecular flexibility index (Phi) is 4.51. The van der Waals surface area contributed by atoms with E-state index in [9.17, 15) is 13.2 Å². The van der Waals surface area contributed by atoms with E-state index in [4.69, 9.17) is 5.14 Å². The van der Waals surface area contributed by atoms with E-state index < -0.39 is 10.0 Å². The third kappa shape index (κ3) is 3.21. The van der Waals surface area contributed by atoms with Gasteiger partial charge >= 0.3 is 0 Å². The van der Waals surface area contributed by atoms with Gasteiger partial charge in [-0.3, -0.25) is 4.79 Å². The average Bonchev–Trinajstić information content (AvgIpc) is 3.10. The van der Waals surface area contributed by atoms with Gasteiger partial charge in [0, 0.05) is 18.0 Å². The molecule has 0 spiro atoms. The van der Waals surface area contributed by atoms with Crippen molar-refractivity contribution in [3.05, 3.63) is 16.5 Å². The maximum absolute atomic E-state index is 12.6. The summed E-state index contributed by atoms with van der Waals surface area (Å²) >= 11 is 1.02. The van der Waals surface area contributed by atoms with Gasteiger partial charge in [0.25, 0.3) is 5.91 Å². The van der Waals surface area contributed by atoms with Crippen LogP contribution < -0.4 is 5.14 Å². The van der Waals surface area contributed by atoms with Gasteiger partial charge in [-0.15, -0.1) is 11.3 Å². The van der Waals surface area contributed by atoms with Crippen LogP contribution in [0.1, 0.15) is 48.5 Å². The van der Waals surface area contributed by atoms with Gasteiger partial charge in [0.2, 0.25) is 10.0 Å². The minimum absolute atomic E-state index is 0.0652. The first-order chi connectivity index (χ1) is 9.36. The van der Waals surface area contributed by atoms with E-state index in [1.807, 2.05) is 4.90 Å². The third-order valence-corrected chi connectivity index (χ3v) is 6.17. The summed E-state index contributed by atoms with van der Waals surface area (Å²) in [5.74, 6) is -0.0652. The number of hydrogen-bond donors (Lipinski definition) is 1. The number of hydrogen-bond acceptors (Lipinski definition) is 4. The first-order valence-electron chi connectivity index (χ1n) is 6.78. The van der Waals surface area contributed by atoms with Crippen LogP contribution in [0.5, 0.6) is 0 Å². The zero-order chi connectivity index (χ0) is 14.9. The van der Waals surface area contributed by atoms with Crippen LogP contribution in [0, 0.1) is 6.92 Å². The molecule has 1 fully saturated rings. The van der Waals surface area contributed by atoms with Crippen molar-refractivity contribution < 1.29 is 13.2 Å². The molecule has 0 unspecified atom stereocenters. The highest BCUT2D eigenvalue weighted by atomic mass is 32.2. The standard InChI is InChI=1S/C13H20N2O3S2/c1-3-4-7-15(10-5-6-10)12(16)11-8-19-13(9(11)2)20(14,17)18/h8,10H,3-7H2,1-2H3,(H2,14,17,18). The molecule has 2 rings (SSSR count). The first kappa shape index (κ1) is 15.5. The number of nitrogens with zero attached hydrogens (tertiary/aromatic N) is 1. The van der Waals surface area contributed by atoms with Gasteiger partial charge in [-0.1, -0.05) is 13.3 Å². The Balaban J connectivity index is 2.26. The van der Waals surface area contributed by atoms with Crippen LogP contribution >= 0.6 is 11.3 Å². The second-order valence-corrected chi connectivity index (χ2v) is 7.83. The number of sulfonamides is 1. The third-order valence-electron chi connectivity index (χ3n) is 3.48. The van der Waals surface area contributed by atoms with E-state index in [1.165, 1.54) is 0 Å². The second kappa shape index (κ2) is 5.83. The van der Waals surface area contributed by atoms with Crippen molar-refractivity contribution in [3.8, 4) is 0 Å². The summed E-state index contributed by atoms with van der Waals surface area (Å²) < 4.78 is 23.0. The zero-order valence-corrected chi connectivity index (χ0v) is 13.4. The fourth-order valence-electron chi connectivity index (χ4n) is 2.21. The molecule has 0 aromatic carbocycles. The predicted octanol–water partition coefficient (Wildman–Crippen LogP) is 2.11. The molecule has 2 N–H and O–H groups in total. The van der Waals surface area contributed by atoms with Gasteiger partial charge in [-0.25, -0.2) is 13.6 Å². The lowest BCUT2D eigenvalue weighted by molar-refractivity contribution is 0.0740. The number of unbranched alkanes of at least 4 members (excludes halogenated alkanes) is 1. The largest absolute Gasteiger partial charge is 0.336 e. The molecule has 0 saturated heterocycles. The average molecular weight is 316 g/mol. The second-order valence-electron chi connectivity index (χ2n) is 5.19. The fourth-order valence-corrected chi connectivity index (χ4v) is 4.22. The molecule has 0 bridgehead atoms. The van der Waals surface area contributed by atoms with E-state index in [0.29, 0.717) is 17.2 Å². The van der Waals surface area contributed by atoms with Crippen LogP contribution in [-0.4, -0.2) is 31.8 Å². The molecule has 20 heavy (non-hydrogen) atoms. The van der Waals surface area contributed by atoms with E-state index in [1.54, 1.807) is 12.3 Å². The Hall–Kier alpha value is -0.920. The Labute approximate surface area is 123 Å². The first-order valence-corrected chi connectivity index (χ1v) is 9.20. The van der Waals surface area contributed by atoms with Crippen LogP contribution in [0.15, 0.2) is 9.59 Å². The van der Waals surface area contributed by atoms with Crippen LogP contribution in [0.4, 0.5) is 0 Å². The van der Waals surface area contributed by atoms with Crippen molar-refractivity contribution in [1.82, 2.24) is 4.90 Å². The van der Waals surface area contributed by atoms with E-state index in [-0.39, 0.29) is 10.1 Å². The molecule has 1 aliphatic rings. The van der Waals surface area contributed by atoms with E-state index in [2.05, 4.69) is 6.92 Å². The maximum atomic E-state index is 12.6. The van der Waals surface area contributed by atoms with Crippen LogP contribution in [0.25, 0.3) is 0 Å². The van der Waals surface area contributed by atoms with Gasteiger partial charge in [-0.2, -0.15) is 0 Å². The summed E-state index contributed by atoms with van der Waals surface area (Å²) in [7, 11) is -3.75. The minimum atomic E-state index is -3.75. The molecule has 0 atom stereocenters. The number of rotatable bonds is 6. The fraction of sp³-hybridized carbons (Fsp3) is 0.615. The molecular weight excluding hydrogens is 296 g/mol. The Morgan fingerprint density at radius 3 is 2.60 bits per heavy atom. The molecule has 1 aromatic heterocycles. The number of amides is 1. The predicted molar refractivity (Wildman–Crippen MR) is 79.4 cm³/mol. The summed E-state index contributed by atoms with van der Waals surface area (Å²) in [5, 5.41) is 6.77. The molecule has 1 saturated carbocycles. The highest BCUT2D eigenvalue weighted by molar-refractivity contribution is 7.91. The molecule has 1 aliphatic carbocycles. The molecule has 0 radical (unpaired) electrons. The number of nitrogens with two attached hydrogens (primary N) is 1. The summed E-state index contributed by atoms with van der Waals surface area (Å²) in [5.41, 5.74) is 0.951. The number of thiophene rings is 1. The van der Waals surface area contributed by atoms with Crippen molar-refractivity contribution in [2.24, 2.45) is 5.14 Å². The van der Waals surface area contributed by atoms with E-state index in [0.717, 1.165) is 43.6 Å². The Morgan fingerprint density at radius 2 is 2.15 bits per heavy atom. The lowest BCUT2D eigenvalue weighted by Gasteiger charge is -2.22. The van der Waals surface area contributed by atoms with Gasteiger partial charge in [0.15, 0.2) is 0 Å². The monoisotopic (exact) mass is 316 g/mol. The van der Waals surface area contributed by atoms with Gasteiger partial charge in [0.1, 0.15) is 4.21 Å². The maximum Gasteiger partial charge on any atom is 0.255 e. The van der Waals surface area contributed by atoms with Crippen molar-refractivity contribution in [1.29, 1.82) is 0 Å². The summed E-state index contributed by atoms with van der Waals surface area (Å²) in [6.45, 7) is 4.47. The SMILES string of the molecule is CCCCN(C(=O)c1csc(S(N)(=O)=O)c1C)C1CC1. The molecular formula is C13H20N2O3S2. The summed E-state index contributed by atoms with van der Waals surface area (Å²) in [4.78, 5) is 14.5. The van der Waals surface area contributed by atoms with Crippen molar-refractivity contribution in [2.45, 2.75) is 49.8 Å². The van der Waals surface area contributed by atoms with E-state index >= 15 is 0 Å². The number of carbonyl (C=O) groups is 1. The molecule has 5 nitrogen and oxygen atoms in total. The van der Waals surface area contributed by atoms with Crippen LogP contribution in [0.3, 0.4) is 0 Å². The minimum Gasteiger partial charge on any atom is -0.336 e.